The van der Waals surface area contributed by atoms with Gasteiger partial charge < -0.3 is 15.7 Å². The van der Waals surface area contributed by atoms with Gasteiger partial charge in [0.15, 0.2) is 0 Å². The monoisotopic (exact) mass is 280 g/mol. The highest BCUT2D eigenvalue weighted by atomic mass is 35.5. The Morgan fingerprint density at radius 1 is 1.47 bits per heavy atom. The summed E-state index contributed by atoms with van der Waals surface area (Å²) in [5.74, 6) is 4.18. The second kappa shape index (κ2) is 6.78. The van der Waals surface area contributed by atoms with Gasteiger partial charge in [-0.1, -0.05) is 23.4 Å². The van der Waals surface area contributed by atoms with Crippen LogP contribution >= 0.6 is 11.6 Å². The SMILES string of the molecule is CN(CC(N)=O)C(=O)c1ccc(C#CCO)c(Cl)c1. The van der Waals surface area contributed by atoms with Gasteiger partial charge in [0.1, 0.15) is 6.61 Å². The summed E-state index contributed by atoms with van der Waals surface area (Å²) < 4.78 is 0. The van der Waals surface area contributed by atoms with Crippen molar-refractivity contribution in [2.24, 2.45) is 5.73 Å². The molecule has 2 amide bonds. The van der Waals surface area contributed by atoms with Crippen LogP contribution in [0, 0.1) is 11.8 Å². The fraction of sp³-hybridized carbons (Fsp3) is 0.231. The van der Waals surface area contributed by atoms with Gasteiger partial charge in [0, 0.05) is 18.2 Å². The van der Waals surface area contributed by atoms with E-state index >= 15 is 0 Å². The third-order valence-electron chi connectivity index (χ3n) is 2.26. The molecule has 0 aliphatic carbocycles. The summed E-state index contributed by atoms with van der Waals surface area (Å²) in [4.78, 5) is 23.9. The molecule has 6 heteroatoms. The van der Waals surface area contributed by atoms with Crippen molar-refractivity contribution in [1.82, 2.24) is 4.90 Å². The Bertz CT molecular complexity index is 561. The molecule has 0 fully saturated rings. The van der Waals surface area contributed by atoms with Crippen molar-refractivity contribution in [3.63, 3.8) is 0 Å². The van der Waals surface area contributed by atoms with E-state index in [1.54, 1.807) is 12.1 Å². The number of rotatable bonds is 3. The number of hydrogen-bond donors (Lipinski definition) is 2. The number of nitrogens with zero attached hydrogens (tertiary/aromatic N) is 1. The summed E-state index contributed by atoms with van der Waals surface area (Å²) in [7, 11) is 1.47. The molecule has 19 heavy (non-hydrogen) atoms. The van der Waals surface area contributed by atoms with Crippen LogP contribution in [0.2, 0.25) is 5.02 Å². The molecule has 0 saturated heterocycles. The Morgan fingerprint density at radius 2 is 2.16 bits per heavy atom. The maximum absolute atomic E-state index is 11.9. The van der Waals surface area contributed by atoms with Crippen molar-refractivity contribution >= 4 is 23.4 Å². The summed E-state index contributed by atoms with van der Waals surface area (Å²) >= 11 is 5.97. The summed E-state index contributed by atoms with van der Waals surface area (Å²) in [6.07, 6.45) is 0. The van der Waals surface area contributed by atoms with Crippen LogP contribution in [-0.2, 0) is 4.79 Å². The summed E-state index contributed by atoms with van der Waals surface area (Å²) in [5, 5.41) is 8.90. The lowest BCUT2D eigenvalue weighted by Gasteiger charge is -2.15. The molecule has 0 unspecified atom stereocenters. The first kappa shape index (κ1) is 15.0. The van der Waals surface area contributed by atoms with Crippen molar-refractivity contribution < 1.29 is 14.7 Å². The molecule has 100 valence electrons. The van der Waals surface area contributed by atoms with E-state index in [-0.39, 0.29) is 19.1 Å². The molecule has 3 N–H and O–H groups in total. The molecule has 5 nitrogen and oxygen atoms in total. The number of aliphatic hydroxyl groups excluding tert-OH is 1. The van der Waals surface area contributed by atoms with Crippen molar-refractivity contribution in [3.05, 3.63) is 34.3 Å². The molecule has 0 bridgehead atoms. The highest BCUT2D eigenvalue weighted by Gasteiger charge is 2.14. The molecule has 1 aromatic carbocycles. The molecule has 0 radical (unpaired) electrons. The maximum atomic E-state index is 11.9. The van der Waals surface area contributed by atoms with Crippen LogP contribution in [0.15, 0.2) is 18.2 Å². The number of hydrogen-bond acceptors (Lipinski definition) is 3. The van der Waals surface area contributed by atoms with Gasteiger partial charge in [-0.15, -0.1) is 0 Å². The number of carbonyl (C=O) groups excluding carboxylic acids is 2. The van der Waals surface area contributed by atoms with E-state index in [1.165, 1.54) is 18.0 Å². The molecule has 1 rings (SSSR count). The lowest BCUT2D eigenvalue weighted by molar-refractivity contribution is -0.118. The lowest BCUT2D eigenvalue weighted by Crippen LogP contribution is -2.35. The van der Waals surface area contributed by atoms with Crippen LogP contribution in [0.1, 0.15) is 15.9 Å². The first-order valence-electron chi connectivity index (χ1n) is 5.38. The number of likely N-dealkylation sites (N-methyl/N-ethyl adjacent to an activating group) is 1. The number of aliphatic hydroxyl groups is 1. The van der Waals surface area contributed by atoms with E-state index in [4.69, 9.17) is 22.4 Å². The topological polar surface area (TPSA) is 83.6 Å². The molecule has 0 aliphatic heterocycles. The van der Waals surface area contributed by atoms with E-state index < -0.39 is 5.91 Å². The lowest BCUT2D eigenvalue weighted by atomic mass is 10.1. The summed E-state index contributed by atoms with van der Waals surface area (Å²) in [6, 6.07) is 4.59. The van der Waals surface area contributed by atoms with Crippen LogP contribution < -0.4 is 5.73 Å². The molecule has 0 saturated carbocycles. The fourth-order valence-electron chi connectivity index (χ4n) is 1.41. The quantitative estimate of drug-likeness (QED) is 0.778. The first-order chi connectivity index (χ1) is 8.95. The Labute approximate surface area is 116 Å². The average Bonchev–Trinajstić information content (AvgIpc) is 2.35. The Morgan fingerprint density at radius 3 is 2.68 bits per heavy atom. The summed E-state index contributed by atoms with van der Waals surface area (Å²) in [5.41, 5.74) is 5.87. The van der Waals surface area contributed by atoms with Crippen LogP contribution in [0.4, 0.5) is 0 Å². The minimum Gasteiger partial charge on any atom is -0.384 e. The number of primary amides is 1. The zero-order valence-electron chi connectivity index (χ0n) is 10.3. The Kier molecular flexibility index (Phi) is 5.37. The van der Waals surface area contributed by atoms with Crippen molar-refractivity contribution in [2.45, 2.75) is 0 Å². The predicted octanol–water partition coefficient (Wildman–Crippen LogP) is 0.241. The van der Waals surface area contributed by atoms with Crippen LogP contribution in [-0.4, -0.2) is 42.0 Å². The van der Waals surface area contributed by atoms with Gasteiger partial charge in [0.05, 0.1) is 11.6 Å². The molecular weight excluding hydrogens is 268 g/mol. The predicted molar refractivity (Wildman–Crippen MR) is 71.6 cm³/mol. The Hall–Kier alpha value is -2.03. The van der Waals surface area contributed by atoms with Crippen LogP contribution in [0.3, 0.4) is 0 Å². The van der Waals surface area contributed by atoms with E-state index in [9.17, 15) is 9.59 Å². The summed E-state index contributed by atoms with van der Waals surface area (Å²) in [6.45, 7) is -0.430. The zero-order chi connectivity index (χ0) is 14.4. The van der Waals surface area contributed by atoms with E-state index in [2.05, 4.69) is 11.8 Å². The first-order valence-corrected chi connectivity index (χ1v) is 5.76. The number of carbonyl (C=O) groups is 2. The third kappa shape index (κ3) is 4.28. The largest absolute Gasteiger partial charge is 0.384 e. The fourth-order valence-corrected chi connectivity index (χ4v) is 1.64. The van der Waals surface area contributed by atoms with Gasteiger partial charge >= 0.3 is 0 Å². The molecule has 0 spiro atoms. The van der Waals surface area contributed by atoms with Gasteiger partial charge in [-0.2, -0.15) is 0 Å². The smallest absolute Gasteiger partial charge is 0.254 e. The molecule has 1 aromatic rings. The van der Waals surface area contributed by atoms with Crippen molar-refractivity contribution in [2.75, 3.05) is 20.2 Å². The van der Waals surface area contributed by atoms with Gasteiger partial charge in [0.2, 0.25) is 5.91 Å². The van der Waals surface area contributed by atoms with Crippen molar-refractivity contribution in [3.8, 4) is 11.8 Å². The van der Waals surface area contributed by atoms with E-state index in [0.717, 1.165) is 0 Å². The molecule has 0 aliphatic rings. The normalized spacial score (nSPS) is 9.42. The van der Waals surface area contributed by atoms with Gasteiger partial charge in [-0.3, -0.25) is 9.59 Å². The van der Waals surface area contributed by atoms with Crippen LogP contribution in [0.5, 0.6) is 0 Å². The molecule has 0 heterocycles. The third-order valence-corrected chi connectivity index (χ3v) is 2.57. The van der Waals surface area contributed by atoms with Crippen LogP contribution in [0.25, 0.3) is 0 Å². The second-order valence-corrected chi connectivity index (χ2v) is 4.19. The van der Waals surface area contributed by atoms with E-state index in [1.807, 2.05) is 0 Å². The molecule has 0 atom stereocenters. The molecular formula is C13H13ClN2O3. The number of halogens is 1. The molecule has 0 aromatic heterocycles. The zero-order valence-corrected chi connectivity index (χ0v) is 11.1. The number of amides is 2. The van der Waals surface area contributed by atoms with Gasteiger partial charge in [0.25, 0.3) is 5.91 Å². The maximum Gasteiger partial charge on any atom is 0.254 e. The van der Waals surface area contributed by atoms with E-state index in [0.29, 0.717) is 16.1 Å². The number of benzene rings is 1. The second-order valence-electron chi connectivity index (χ2n) is 3.78. The van der Waals surface area contributed by atoms with Gasteiger partial charge in [-0.25, -0.2) is 0 Å². The standard InChI is InChI=1S/C13H13ClN2O3/c1-16(8-12(15)18)13(19)10-5-4-9(3-2-6-17)11(14)7-10/h4-5,7,17H,6,8H2,1H3,(H2,15,18). The van der Waals surface area contributed by atoms with Gasteiger partial charge in [-0.05, 0) is 18.2 Å². The number of nitrogens with two attached hydrogens (primary N) is 1. The average molecular weight is 281 g/mol. The Balaban J connectivity index is 2.94. The highest BCUT2D eigenvalue weighted by Crippen LogP contribution is 2.18. The minimum atomic E-state index is -0.590. The minimum absolute atomic E-state index is 0.164. The highest BCUT2D eigenvalue weighted by molar-refractivity contribution is 6.32. The van der Waals surface area contributed by atoms with Crippen molar-refractivity contribution in [1.29, 1.82) is 0 Å².